The summed E-state index contributed by atoms with van der Waals surface area (Å²) in [5, 5.41) is 3.56. The standard InChI is InChI=1S/C19H31NO/c1-5-20-19(17-8-6-14(2)7-9-17)13-21-18-11-15(3)10-16(4)12-18/h6-9,15-16,18-20H,5,10-13H2,1-4H3. The second-order valence-electron chi connectivity index (χ2n) is 6.89. The molecule has 1 aromatic rings. The molecule has 2 rings (SSSR count). The van der Waals surface area contributed by atoms with Gasteiger partial charge in [0, 0.05) is 0 Å². The number of benzene rings is 1. The smallest absolute Gasteiger partial charge is 0.0665 e. The fraction of sp³-hybridized carbons (Fsp3) is 0.684. The van der Waals surface area contributed by atoms with Gasteiger partial charge in [0.25, 0.3) is 0 Å². The molecule has 0 heterocycles. The number of aryl methyl sites for hydroxylation is 1. The van der Waals surface area contributed by atoms with E-state index in [2.05, 4.69) is 57.3 Å². The first-order valence-electron chi connectivity index (χ1n) is 8.50. The Morgan fingerprint density at radius 2 is 1.71 bits per heavy atom. The third-order valence-electron chi connectivity index (χ3n) is 4.56. The first kappa shape index (κ1) is 16.5. The Labute approximate surface area is 130 Å². The van der Waals surface area contributed by atoms with Gasteiger partial charge < -0.3 is 10.1 Å². The number of rotatable bonds is 6. The molecule has 1 fully saturated rings. The van der Waals surface area contributed by atoms with Crippen LogP contribution in [0.1, 0.15) is 57.2 Å². The summed E-state index contributed by atoms with van der Waals surface area (Å²) in [5.74, 6) is 1.60. The monoisotopic (exact) mass is 289 g/mol. The van der Waals surface area contributed by atoms with Crippen molar-refractivity contribution in [1.82, 2.24) is 5.32 Å². The zero-order valence-corrected chi connectivity index (χ0v) is 14.1. The van der Waals surface area contributed by atoms with E-state index in [1.807, 2.05) is 0 Å². The van der Waals surface area contributed by atoms with Gasteiger partial charge in [-0.3, -0.25) is 0 Å². The molecule has 0 saturated heterocycles. The Hall–Kier alpha value is -0.860. The Kier molecular flexibility index (Phi) is 6.25. The summed E-state index contributed by atoms with van der Waals surface area (Å²) in [5.41, 5.74) is 2.64. The van der Waals surface area contributed by atoms with Gasteiger partial charge in [-0.1, -0.05) is 50.6 Å². The lowest BCUT2D eigenvalue weighted by Gasteiger charge is -2.32. The van der Waals surface area contributed by atoms with E-state index >= 15 is 0 Å². The van der Waals surface area contributed by atoms with Crippen LogP contribution in [0.15, 0.2) is 24.3 Å². The molecule has 118 valence electrons. The molecule has 0 bridgehead atoms. The summed E-state index contributed by atoms with van der Waals surface area (Å²) < 4.78 is 6.26. The summed E-state index contributed by atoms with van der Waals surface area (Å²) in [7, 11) is 0. The predicted molar refractivity (Wildman–Crippen MR) is 89.5 cm³/mol. The highest BCUT2D eigenvalue weighted by Crippen LogP contribution is 2.31. The maximum absolute atomic E-state index is 6.26. The molecule has 1 N–H and O–H groups in total. The lowest BCUT2D eigenvalue weighted by Crippen LogP contribution is -2.31. The van der Waals surface area contributed by atoms with E-state index in [9.17, 15) is 0 Å². The van der Waals surface area contributed by atoms with Crippen LogP contribution in [0.5, 0.6) is 0 Å². The average Bonchev–Trinajstić information content (AvgIpc) is 2.43. The molecule has 1 aliphatic carbocycles. The molecule has 0 amide bonds. The van der Waals surface area contributed by atoms with Crippen molar-refractivity contribution in [1.29, 1.82) is 0 Å². The van der Waals surface area contributed by atoms with Crippen molar-refractivity contribution < 1.29 is 4.74 Å². The quantitative estimate of drug-likeness (QED) is 0.833. The van der Waals surface area contributed by atoms with Crippen LogP contribution in [0.25, 0.3) is 0 Å². The topological polar surface area (TPSA) is 21.3 Å². The van der Waals surface area contributed by atoms with E-state index in [4.69, 9.17) is 4.74 Å². The normalized spacial score (nSPS) is 27.5. The zero-order chi connectivity index (χ0) is 15.2. The van der Waals surface area contributed by atoms with Crippen LogP contribution >= 0.6 is 0 Å². The molecule has 2 heteroatoms. The molecular weight excluding hydrogens is 258 g/mol. The largest absolute Gasteiger partial charge is 0.376 e. The maximum Gasteiger partial charge on any atom is 0.0665 e. The van der Waals surface area contributed by atoms with Crippen LogP contribution in [0.3, 0.4) is 0 Å². The minimum absolute atomic E-state index is 0.308. The van der Waals surface area contributed by atoms with E-state index in [1.54, 1.807) is 0 Å². The number of hydrogen-bond donors (Lipinski definition) is 1. The number of hydrogen-bond acceptors (Lipinski definition) is 2. The third kappa shape index (κ3) is 5.12. The summed E-state index contributed by atoms with van der Waals surface area (Å²) >= 11 is 0. The van der Waals surface area contributed by atoms with E-state index in [1.165, 1.54) is 30.4 Å². The maximum atomic E-state index is 6.26. The van der Waals surface area contributed by atoms with Crippen molar-refractivity contribution >= 4 is 0 Å². The summed E-state index contributed by atoms with van der Waals surface area (Å²) in [6, 6.07) is 9.12. The van der Waals surface area contributed by atoms with Crippen molar-refractivity contribution in [3.8, 4) is 0 Å². The Bertz CT molecular complexity index is 404. The van der Waals surface area contributed by atoms with Crippen LogP contribution < -0.4 is 5.32 Å². The van der Waals surface area contributed by atoms with Gasteiger partial charge in [-0.15, -0.1) is 0 Å². The molecule has 3 unspecified atom stereocenters. The van der Waals surface area contributed by atoms with Crippen LogP contribution in [-0.4, -0.2) is 19.3 Å². The van der Waals surface area contributed by atoms with Crippen LogP contribution in [0.2, 0.25) is 0 Å². The average molecular weight is 289 g/mol. The number of nitrogens with one attached hydrogen (secondary N) is 1. The number of likely N-dealkylation sites (N-methyl/N-ethyl adjacent to an activating group) is 1. The first-order chi connectivity index (χ1) is 10.1. The van der Waals surface area contributed by atoms with Gasteiger partial charge in [0.1, 0.15) is 0 Å². The molecule has 2 nitrogen and oxygen atoms in total. The van der Waals surface area contributed by atoms with Crippen LogP contribution in [0, 0.1) is 18.8 Å². The molecule has 21 heavy (non-hydrogen) atoms. The van der Waals surface area contributed by atoms with Gasteiger partial charge in [0.15, 0.2) is 0 Å². The minimum atomic E-state index is 0.308. The Morgan fingerprint density at radius 3 is 2.29 bits per heavy atom. The molecule has 0 radical (unpaired) electrons. The Balaban J connectivity index is 1.92. The second kappa shape index (κ2) is 7.95. The molecule has 1 aliphatic rings. The highest BCUT2D eigenvalue weighted by atomic mass is 16.5. The summed E-state index contributed by atoms with van der Waals surface area (Å²) in [4.78, 5) is 0. The molecule has 0 aromatic heterocycles. The molecule has 1 saturated carbocycles. The predicted octanol–water partition coefficient (Wildman–Crippen LogP) is 4.49. The number of ether oxygens (including phenoxy) is 1. The van der Waals surface area contributed by atoms with E-state index in [-0.39, 0.29) is 0 Å². The van der Waals surface area contributed by atoms with E-state index in [0.29, 0.717) is 12.1 Å². The van der Waals surface area contributed by atoms with E-state index < -0.39 is 0 Å². The van der Waals surface area contributed by atoms with E-state index in [0.717, 1.165) is 25.0 Å². The van der Waals surface area contributed by atoms with Crippen LogP contribution in [-0.2, 0) is 4.74 Å². The van der Waals surface area contributed by atoms with Crippen molar-refractivity contribution in [3.05, 3.63) is 35.4 Å². The molecule has 3 atom stereocenters. The van der Waals surface area contributed by atoms with Gasteiger partial charge in [-0.25, -0.2) is 0 Å². The lowest BCUT2D eigenvalue weighted by atomic mass is 9.82. The minimum Gasteiger partial charge on any atom is -0.376 e. The SMILES string of the molecule is CCNC(COC1CC(C)CC(C)C1)c1ccc(C)cc1. The zero-order valence-electron chi connectivity index (χ0n) is 14.1. The van der Waals surface area contributed by atoms with Gasteiger partial charge in [-0.05, 0) is 50.1 Å². The molecular formula is C19H31NO. The fourth-order valence-corrected chi connectivity index (χ4v) is 3.56. The highest BCUT2D eigenvalue weighted by Gasteiger charge is 2.25. The Morgan fingerprint density at radius 1 is 1.10 bits per heavy atom. The summed E-state index contributed by atoms with van der Waals surface area (Å²) in [6.45, 7) is 10.8. The fourth-order valence-electron chi connectivity index (χ4n) is 3.56. The van der Waals surface area contributed by atoms with Crippen LogP contribution in [0.4, 0.5) is 0 Å². The van der Waals surface area contributed by atoms with Gasteiger partial charge >= 0.3 is 0 Å². The van der Waals surface area contributed by atoms with Gasteiger partial charge in [0.2, 0.25) is 0 Å². The first-order valence-corrected chi connectivity index (χ1v) is 8.50. The highest BCUT2D eigenvalue weighted by molar-refractivity contribution is 5.24. The summed E-state index contributed by atoms with van der Waals surface area (Å²) in [6.07, 6.45) is 4.23. The van der Waals surface area contributed by atoms with Crippen molar-refractivity contribution in [2.45, 2.75) is 59.1 Å². The molecule has 0 spiro atoms. The second-order valence-corrected chi connectivity index (χ2v) is 6.89. The van der Waals surface area contributed by atoms with Gasteiger partial charge in [-0.2, -0.15) is 0 Å². The van der Waals surface area contributed by atoms with Crippen molar-refractivity contribution in [3.63, 3.8) is 0 Å². The lowest BCUT2D eigenvalue weighted by molar-refractivity contribution is -0.00908. The van der Waals surface area contributed by atoms with Gasteiger partial charge in [0.05, 0.1) is 18.8 Å². The van der Waals surface area contributed by atoms with Crippen molar-refractivity contribution in [2.75, 3.05) is 13.2 Å². The van der Waals surface area contributed by atoms with Crippen molar-refractivity contribution in [2.24, 2.45) is 11.8 Å². The third-order valence-corrected chi connectivity index (χ3v) is 4.56. The molecule has 0 aliphatic heterocycles. The molecule has 1 aromatic carbocycles.